The number of hydrogen-bond donors (Lipinski definition) is 1. The first-order valence-corrected chi connectivity index (χ1v) is 11.5. The molecule has 30 heavy (non-hydrogen) atoms. The average Bonchev–Trinajstić information content (AvgIpc) is 2.73. The van der Waals surface area contributed by atoms with E-state index in [-0.39, 0.29) is 22.4 Å². The topological polar surface area (TPSA) is 66.5 Å². The number of carbonyl (C=O) groups is 1. The van der Waals surface area contributed by atoms with Gasteiger partial charge in [0.25, 0.3) is 5.91 Å². The molecule has 0 saturated carbocycles. The summed E-state index contributed by atoms with van der Waals surface area (Å²) in [7, 11) is -3.58. The Morgan fingerprint density at radius 1 is 0.933 bits per heavy atom. The molecule has 154 valence electrons. The molecular formula is C22H18Cl2N2O3S. The van der Waals surface area contributed by atoms with Crippen LogP contribution in [0, 0.1) is 0 Å². The lowest BCUT2D eigenvalue weighted by Gasteiger charge is -2.28. The SMILES string of the molecule is O=C(Nc1ccc2c(c1)CN(S(=O)(=O)c1ccccc1)CC2)c1ccc(Cl)cc1Cl. The van der Waals surface area contributed by atoms with Gasteiger partial charge < -0.3 is 5.32 Å². The maximum absolute atomic E-state index is 12.9. The summed E-state index contributed by atoms with van der Waals surface area (Å²) in [4.78, 5) is 12.9. The van der Waals surface area contributed by atoms with Crippen molar-refractivity contribution in [3.63, 3.8) is 0 Å². The first kappa shape index (κ1) is 20.9. The molecule has 0 spiro atoms. The zero-order valence-corrected chi connectivity index (χ0v) is 18.1. The van der Waals surface area contributed by atoms with E-state index in [1.807, 2.05) is 18.2 Å². The molecule has 5 nitrogen and oxygen atoms in total. The van der Waals surface area contributed by atoms with Gasteiger partial charge in [-0.2, -0.15) is 4.31 Å². The second kappa shape index (κ2) is 8.40. The number of rotatable bonds is 4. The molecule has 3 aromatic rings. The van der Waals surface area contributed by atoms with Crippen LogP contribution in [0.15, 0.2) is 71.6 Å². The van der Waals surface area contributed by atoms with E-state index >= 15 is 0 Å². The molecule has 0 unspecified atom stereocenters. The van der Waals surface area contributed by atoms with Crippen LogP contribution in [-0.2, 0) is 23.0 Å². The Hall–Kier alpha value is -2.38. The third kappa shape index (κ3) is 4.23. The first-order chi connectivity index (χ1) is 14.3. The largest absolute Gasteiger partial charge is 0.322 e. The van der Waals surface area contributed by atoms with Gasteiger partial charge in [0.05, 0.1) is 15.5 Å². The van der Waals surface area contributed by atoms with E-state index in [1.165, 1.54) is 10.4 Å². The molecule has 0 fully saturated rings. The lowest BCUT2D eigenvalue weighted by atomic mass is 10.0. The highest BCUT2D eigenvalue weighted by Gasteiger charge is 2.28. The van der Waals surface area contributed by atoms with Crippen molar-refractivity contribution in [3.8, 4) is 0 Å². The molecule has 0 saturated heterocycles. The average molecular weight is 461 g/mol. The molecule has 8 heteroatoms. The normalized spacial score (nSPS) is 14.2. The van der Waals surface area contributed by atoms with Crippen LogP contribution < -0.4 is 5.32 Å². The van der Waals surface area contributed by atoms with Gasteiger partial charge in [-0.3, -0.25) is 4.79 Å². The monoisotopic (exact) mass is 460 g/mol. The highest BCUT2D eigenvalue weighted by molar-refractivity contribution is 7.89. The summed E-state index contributed by atoms with van der Waals surface area (Å²) >= 11 is 12.0. The molecular weight excluding hydrogens is 443 g/mol. The number of sulfonamides is 1. The summed E-state index contributed by atoms with van der Waals surface area (Å²) in [5.41, 5.74) is 2.81. The molecule has 1 N–H and O–H groups in total. The number of anilines is 1. The highest BCUT2D eigenvalue weighted by atomic mass is 35.5. The lowest BCUT2D eigenvalue weighted by molar-refractivity contribution is 0.102. The summed E-state index contributed by atoms with van der Waals surface area (Å²) in [6.45, 7) is 0.661. The van der Waals surface area contributed by atoms with E-state index in [2.05, 4.69) is 5.32 Å². The molecule has 1 amide bonds. The third-order valence-electron chi connectivity index (χ3n) is 5.00. The van der Waals surface area contributed by atoms with Crippen molar-refractivity contribution in [2.24, 2.45) is 0 Å². The van der Waals surface area contributed by atoms with Gasteiger partial charge in [0, 0.05) is 23.8 Å². The second-order valence-electron chi connectivity index (χ2n) is 6.96. The van der Waals surface area contributed by atoms with Crippen LogP contribution in [0.5, 0.6) is 0 Å². The predicted octanol–water partition coefficient (Wildman–Crippen LogP) is 4.99. The van der Waals surface area contributed by atoms with Gasteiger partial charge in [0.15, 0.2) is 0 Å². The number of halogens is 2. The Kier molecular flexibility index (Phi) is 5.84. The third-order valence-corrected chi connectivity index (χ3v) is 7.41. The summed E-state index contributed by atoms with van der Waals surface area (Å²) in [5, 5.41) is 3.53. The van der Waals surface area contributed by atoms with Crippen LogP contribution in [0.3, 0.4) is 0 Å². The van der Waals surface area contributed by atoms with Gasteiger partial charge in [0.1, 0.15) is 0 Å². The van der Waals surface area contributed by atoms with Gasteiger partial charge in [-0.25, -0.2) is 8.42 Å². The second-order valence-corrected chi connectivity index (χ2v) is 9.74. The summed E-state index contributed by atoms with van der Waals surface area (Å²) < 4.78 is 27.3. The number of benzene rings is 3. The van der Waals surface area contributed by atoms with Crippen molar-refractivity contribution in [2.45, 2.75) is 17.9 Å². The number of hydrogen-bond acceptors (Lipinski definition) is 3. The van der Waals surface area contributed by atoms with Gasteiger partial charge in [-0.05, 0) is 60.0 Å². The van der Waals surface area contributed by atoms with Crippen LogP contribution in [0.1, 0.15) is 21.5 Å². The maximum Gasteiger partial charge on any atom is 0.257 e. The minimum absolute atomic E-state index is 0.248. The van der Waals surface area contributed by atoms with Crippen molar-refractivity contribution in [3.05, 3.63) is 93.5 Å². The van der Waals surface area contributed by atoms with E-state index in [0.29, 0.717) is 29.2 Å². The van der Waals surface area contributed by atoms with Crippen LogP contribution in [-0.4, -0.2) is 25.2 Å². The Morgan fingerprint density at radius 2 is 1.70 bits per heavy atom. The zero-order valence-electron chi connectivity index (χ0n) is 15.8. The van der Waals surface area contributed by atoms with Gasteiger partial charge in [0.2, 0.25) is 10.0 Å². The quantitative estimate of drug-likeness (QED) is 0.595. The van der Waals surface area contributed by atoms with E-state index in [4.69, 9.17) is 23.2 Å². The molecule has 4 rings (SSSR count). The van der Waals surface area contributed by atoms with Crippen molar-refractivity contribution < 1.29 is 13.2 Å². The first-order valence-electron chi connectivity index (χ1n) is 9.28. The molecule has 1 aliphatic heterocycles. The van der Waals surface area contributed by atoms with Crippen LogP contribution >= 0.6 is 23.2 Å². The predicted molar refractivity (Wildman–Crippen MR) is 119 cm³/mol. The fourth-order valence-corrected chi connectivity index (χ4v) is 5.36. The summed E-state index contributed by atoms with van der Waals surface area (Å²) in [6.07, 6.45) is 0.610. The van der Waals surface area contributed by atoms with E-state index in [0.717, 1.165) is 11.1 Å². The van der Waals surface area contributed by atoms with Crippen LogP contribution in [0.2, 0.25) is 10.0 Å². The molecule has 0 aliphatic carbocycles. The van der Waals surface area contributed by atoms with E-state index in [9.17, 15) is 13.2 Å². The van der Waals surface area contributed by atoms with Gasteiger partial charge >= 0.3 is 0 Å². The lowest BCUT2D eigenvalue weighted by Crippen LogP contribution is -2.36. The Labute approximate surface area is 185 Å². The number of nitrogens with zero attached hydrogens (tertiary/aromatic N) is 1. The van der Waals surface area contributed by atoms with E-state index < -0.39 is 10.0 Å². The van der Waals surface area contributed by atoms with Crippen molar-refractivity contribution in [1.29, 1.82) is 0 Å². The van der Waals surface area contributed by atoms with Crippen LogP contribution in [0.25, 0.3) is 0 Å². The standard InChI is InChI=1S/C22H18Cl2N2O3S/c23-17-7-9-20(21(24)13-17)22(27)25-18-8-6-15-10-11-26(14-16(15)12-18)30(28,29)19-4-2-1-3-5-19/h1-9,12-13H,10-11,14H2,(H,25,27). The molecule has 1 aliphatic rings. The van der Waals surface area contributed by atoms with E-state index in [1.54, 1.807) is 42.5 Å². The van der Waals surface area contributed by atoms with Crippen molar-refractivity contribution in [2.75, 3.05) is 11.9 Å². The maximum atomic E-state index is 12.9. The number of nitrogens with one attached hydrogen (secondary N) is 1. The Bertz CT molecular complexity index is 1210. The fraction of sp³-hybridized carbons (Fsp3) is 0.136. The highest BCUT2D eigenvalue weighted by Crippen LogP contribution is 2.28. The number of fused-ring (bicyclic) bond motifs is 1. The summed E-state index contributed by atoms with van der Waals surface area (Å²) in [5.74, 6) is -0.360. The Morgan fingerprint density at radius 3 is 2.43 bits per heavy atom. The molecule has 0 bridgehead atoms. The number of amides is 1. The minimum Gasteiger partial charge on any atom is -0.322 e. The summed E-state index contributed by atoms with van der Waals surface area (Å²) in [6, 6.07) is 18.6. The minimum atomic E-state index is -3.58. The number of carbonyl (C=O) groups excluding carboxylic acids is 1. The fourth-order valence-electron chi connectivity index (χ4n) is 3.43. The Balaban J connectivity index is 1.55. The molecule has 0 aromatic heterocycles. The van der Waals surface area contributed by atoms with Gasteiger partial charge in [-0.1, -0.05) is 47.5 Å². The molecule has 0 radical (unpaired) electrons. The zero-order chi connectivity index (χ0) is 21.3. The smallest absolute Gasteiger partial charge is 0.257 e. The van der Waals surface area contributed by atoms with Crippen molar-refractivity contribution >= 4 is 44.8 Å². The van der Waals surface area contributed by atoms with Gasteiger partial charge in [-0.15, -0.1) is 0 Å². The molecule has 3 aromatic carbocycles. The van der Waals surface area contributed by atoms with Crippen LogP contribution in [0.4, 0.5) is 5.69 Å². The molecule has 0 atom stereocenters. The molecule has 1 heterocycles. The van der Waals surface area contributed by atoms with Crippen molar-refractivity contribution in [1.82, 2.24) is 4.31 Å².